The first-order valence-electron chi connectivity index (χ1n) is 8.32. The number of rotatable bonds is 7. The van der Waals surface area contributed by atoms with E-state index < -0.39 is 0 Å². The first-order chi connectivity index (χ1) is 12.7. The Morgan fingerprint density at radius 1 is 1.19 bits per heavy atom. The van der Waals surface area contributed by atoms with Gasteiger partial charge in [0.2, 0.25) is 0 Å². The smallest absolute Gasteiger partial charge is 0.271 e. The van der Waals surface area contributed by atoms with E-state index in [1.807, 2.05) is 54.6 Å². The molecule has 0 radical (unpaired) electrons. The van der Waals surface area contributed by atoms with Crippen molar-refractivity contribution in [1.82, 2.24) is 10.3 Å². The Bertz CT molecular complexity index is 864. The summed E-state index contributed by atoms with van der Waals surface area (Å²) in [7, 11) is 1.62. The van der Waals surface area contributed by atoms with Gasteiger partial charge in [-0.15, -0.1) is 11.3 Å². The molecule has 26 heavy (non-hydrogen) atoms. The van der Waals surface area contributed by atoms with Crippen LogP contribution in [0.1, 0.15) is 32.7 Å². The lowest BCUT2D eigenvalue weighted by molar-refractivity contribution is 0.0946. The van der Waals surface area contributed by atoms with Gasteiger partial charge in [-0.25, -0.2) is 4.98 Å². The molecular weight excluding hydrogens is 346 g/mol. The van der Waals surface area contributed by atoms with Gasteiger partial charge in [0.1, 0.15) is 16.5 Å². The van der Waals surface area contributed by atoms with Crippen LogP contribution in [-0.2, 0) is 13.0 Å². The highest BCUT2D eigenvalue weighted by Crippen LogP contribution is 2.20. The largest absolute Gasteiger partial charge is 0.497 e. The molecular formula is C20H21N3O2S. The fraction of sp³-hybridized carbons (Fsp3) is 0.200. The monoisotopic (exact) mass is 367 g/mol. The molecule has 1 unspecified atom stereocenters. The Balaban J connectivity index is 1.58. The molecule has 3 rings (SSSR count). The normalized spacial score (nSPS) is 11.8. The van der Waals surface area contributed by atoms with Crippen LogP contribution in [0.15, 0.2) is 60.0 Å². The summed E-state index contributed by atoms with van der Waals surface area (Å²) in [6.45, 7) is 0.416. The summed E-state index contributed by atoms with van der Waals surface area (Å²) in [5.41, 5.74) is 8.76. The maximum Gasteiger partial charge on any atom is 0.271 e. The number of aromatic nitrogens is 1. The third-order valence-corrected chi connectivity index (χ3v) is 4.93. The van der Waals surface area contributed by atoms with Gasteiger partial charge in [-0.1, -0.05) is 42.5 Å². The highest BCUT2D eigenvalue weighted by molar-refractivity contribution is 7.09. The van der Waals surface area contributed by atoms with Gasteiger partial charge < -0.3 is 15.8 Å². The van der Waals surface area contributed by atoms with E-state index >= 15 is 0 Å². The number of thiazole rings is 1. The van der Waals surface area contributed by atoms with E-state index in [9.17, 15) is 4.79 Å². The standard InChI is InChI=1S/C20H21N3O2S/c1-25-16-9-5-8-15(10-16)12-22-19(24)18-13-26-20(23-18)17(21)11-14-6-3-2-4-7-14/h2-10,13,17H,11-12,21H2,1H3,(H,22,24). The maximum absolute atomic E-state index is 12.3. The van der Waals surface area contributed by atoms with Crippen molar-refractivity contribution in [2.75, 3.05) is 7.11 Å². The molecule has 0 saturated heterocycles. The molecule has 0 aliphatic rings. The number of methoxy groups -OCH3 is 1. The predicted molar refractivity (Wildman–Crippen MR) is 103 cm³/mol. The summed E-state index contributed by atoms with van der Waals surface area (Å²) >= 11 is 1.42. The molecule has 5 nitrogen and oxygen atoms in total. The molecule has 0 bridgehead atoms. The van der Waals surface area contributed by atoms with Crippen molar-refractivity contribution in [3.8, 4) is 5.75 Å². The SMILES string of the molecule is COc1cccc(CNC(=O)c2csc(C(N)Cc3ccccc3)n2)c1. The van der Waals surface area contributed by atoms with Crippen LogP contribution in [0.5, 0.6) is 5.75 Å². The number of nitrogens with zero attached hydrogens (tertiary/aromatic N) is 1. The zero-order valence-electron chi connectivity index (χ0n) is 14.5. The number of nitrogens with one attached hydrogen (secondary N) is 1. The van der Waals surface area contributed by atoms with Crippen molar-refractivity contribution in [1.29, 1.82) is 0 Å². The van der Waals surface area contributed by atoms with Gasteiger partial charge in [0.15, 0.2) is 0 Å². The highest BCUT2D eigenvalue weighted by Gasteiger charge is 2.15. The van der Waals surface area contributed by atoms with Crippen LogP contribution in [0, 0.1) is 0 Å². The van der Waals surface area contributed by atoms with E-state index in [0.717, 1.165) is 21.9 Å². The number of benzene rings is 2. The molecule has 134 valence electrons. The quantitative estimate of drug-likeness (QED) is 0.671. The van der Waals surface area contributed by atoms with Gasteiger partial charge in [-0.2, -0.15) is 0 Å². The molecule has 0 fully saturated rings. The number of ether oxygens (including phenoxy) is 1. The van der Waals surface area contributed by atoms with E-state index in [1.165, 1.54) is 11.3 Å². The lowest BCUT2D eigenvalue weighted by atomic mass is 10.1. The minimum atomic E-state index is -0.220. The van der Waals surface area contributed by atoms with E-state index in [4.69, 9.17) is 10.5 Å². The number of amides is 1. The summed E-state index contributed by atoms with van der Waals surface area (Å²) in [5.74, 6) is 0.557. The van der Waals surface area contributed by atoms with Crippen molar-refractivity contribution < 1.29 is 9.53 Å². The molecule has 3 N–H and O–H groups in total. The molecule has 6 heteroatoms. The zero-order valence-corrected chi connectivity index (χ0v) is 15.3. The van der Waals surface area contributed by atoms with Crippen LogP contribution < -0.4 is 15.8 Å². The molecule has 3 aromatic rings. The van der Waals surface area contributed by atoms with Crippen LogP contribution in [-0.4, -0.2) is 18.0 Å². The fourth-order valence-electron chi connectivity index (χ4n) is 2.57. The van der Waals surface area contributed by atoms with Gasteiger partial charge >= 0.3 is 0 Å². The molecule has 1 aromatic heterocycles. The summed E-state index contributed by atoms with van der Waals surface area (Å²) in [4.78, 5) is 16.7. The second-order valence-corrected chi connectivity index (χ2v) is 6.79. The van der Waals surface area contributed by atoms with Crippen LogP contribution in [0.2, 0.25) is 0 Å². The van der Waals surface area contributed by atoms with Crippen molar-refractivity contribution in [3.63, 3.8) is 0 Å². The topological polar surface area (TPSA) is 77.2 Å². The Labute approximate surface area is 156 Å². The third-order valence-electron chi connectivity index (χ3n) is 3.96. The van der Waals surface area contributed by atoms with Crippen molar-refractivity contribution in [2.45, 2.75) is 19.0 Å². The Morgan fingerprint density at radius 3 is 2.73 bits per heavy atom. The minimum absolute atomic E-state index is 0.206. The molecule has 0 aliphatic heterocycles. The summed E-state index contributed by atoms with van der Waals surface area (Å²) in [5, 5.41) is 5.39. The average molecular weight is 367 g/mol. The van der Waals surface area contributed by atoms with Gasteiger partial charge in [-0.3, -0.25) is 4.79 Å². The van der Waals surface area contributed by atoms with Gasteiger partial charge in [0, 0.05) is 11.9 Å². The Kier molecular flexibility index (Phi) is 5.99. The van der Waals surface area contributed by atoms with Gasteiger partial charge in [0.25, 0.3) is 5.91 Å². The number of carbonyl (C=O) groups excluding carboxylic acids is 1. The highest BCUT2D eigenvalue weighted by atomic mass is 32.1. The molecule has 2 aromatic carbocycles. The van der Waals surface area contributed by atoms with Crippen LogP contribution in [0.25, 0.3) is 0 Å². The first kappa shape index (κ1) is 18.1. The third kappa shape index (κ3) is 4.68. The Morgan fingerprint density at radius 2 is 1.96 bits per heavy atom. The molecule has 1 amide bonds. The van der Waals surface area contributed by atoms with Crippen LogP contribution >= 0.6 is 11.3 Å². The fourth-order valence-corrected chi connectivity index (χ4v) is 3.37. The predicted octanol–water partition coefficient (Wildman–Crippen LogP) is 3.32. The Hall–Kier alpha value is -2.70. The summed E-state index contributed by atoms with van der Waals surface area (Å²) < 4.78 is 5.19. The lowest BCUT2D eigenvalue weighted by Gasteiger charge is -2.08. The average Bonchev–Trinajstić information content (AvgIpc) is 3.17. The maximum atomic E-state index is 12.3. The lowest BCUT2D eigenvalue weighted by Crippen LogP contribution is -2.23. The van der Waals surface area contributed by atoms with Crippen molar-refractivity contribution >= 4 is 17.2 Å². The van der Waals surface area contributed by atoms with E-state index in [0.29, 0.717) is 18.7 Å². The van der Waals surface area contributed by atoms with E-state index in [-0.39, 0.29) is 11.9 Å². The van der Waals surface area contributed by atoms with Crippen molar-refractivity contribution in [3.05, 3.63) is 81.8 Å². The summed E-state index contributed by atoms with van der Waals surface area (Å²) in [6.07, 6.45) is 0.694. The van der Waals surface area contributed by atoms with E-state index in [2.05, 4.69) is 10.3 Å². The molecule has 0 saturated carbocycles. The molecule has 1 atom stereocenters. The first-order valence-corrected chi connectivity index (χ1v) is 9.19. The van der Waals surface area contributed by atoms with Crippen LogP contribution in [0.3, 0.4) is 0 Å². The van der Waals surface area contributed by atoms with Crippen LogP contribution in [0.4, 0.5) is 0 Å². The minimum Gasteiger partial charge on any atom is -0.497 e. The summed E-state index contributed by atoms with van der Waals surface area (Å²) in [6, 6.07) is 17.4. The zero-order chi connectivity index (χ0) is 18.4. The van der Waals surface area contributed by atoms with Crippen molar-refractivity contribution in [2.24, 2.45) is 5.73 Å². The number of carbonyl (C=O) groups is 1. The number of hydrogen-bond acceptors (Lipinski definition) is 5. The second kappa shape index (κ2) is 8.60. The van der Waals surface area contributed by atoms with E-state index in [1.54, 1.807) is 12.5 Å². The van der Waals surface area contributed by atoms with Gasteiger partial charge in [0.05, 0.1) is 13.2 Å². The van der Waals surface area contributed by atoms with Gasteiger partial charge in [-0.05, 0) is 29.7 Å². The molecule has 1 heterocycles. The molecule has 0 aliphatic carbocycles. The number of hydrogen-bond donors (Lipinski definition) is 2. The number of nitrogens with two attached hydrogens (primary N) is 1. The second-order valence-electron chi connectivity index (χ2n) is 5.90. The molecule has 0 spiro atoms.